The van der Waals surface area contributed by atoms with Crippen molar-refractivity contribution in [2.45, 2.75) is 6.18 Å². The lowest BCUT2D eigenvalue weighted by atomic mass is 10.1. The summed E-state index contributed by atoms with van der Waals surface area (Å²) < 4.78 is 43.6. The molecule has 1 aromatic rings. The molecule has 0 aliphatic heterocycles. The van der Waals surface area contributed by atoms with Gasteiger partial charge in [-0.25, -0.2) is 4.99 Å². The van der Waals surface area contributed by atoms with Gasteiger partial charge in [-0.05, 0) is 31.4 Å². The molecule has 0 amide bonds. The van der Waals surface area contributed by atoms with Crippen LogP contribution in [0, 0.1) is 0 Å². The van der Waals surface area contributed by atoms with Crippen LogP contribution in [-0.2, 0) is 10.4 Å². The third kappa shape index (κ3) is 5.38. The van der Waals surface area contributed by atoms with Crippen molar-refractivity contribution < 1.29 is 17.4 Å². The number of rotatable bonds is 4. The van der Waals surface area contributed by atoms with Gasteiger partial charge in [0, 0.05) is 11.8 Å². The van der Waals surface area contributed by atoms with E-state index in [1.54, 1.807) is 0 Å². The number of halogens is 3. The summed E-state index contributed by atoms with van der Waals surface area (Å²) in [5, 5.41) is 0. The van der Waals surface area contributed by atoms with Crippen molar-refractivity contribution in [2.75, 3.05) is 18.8 Å². The van der Waals surface area contributed by atoms with Crippen molar-refractivity contribution in [1.29, 1.82) is 0 Å². The SMILES string of the molecule is C=C(/N=C/c1ccccc1C(F)(F)F)OS(C)(C)C. The van der Waals surface area contributed by atoms with E-state index in [-0.39, 0.29) is 11.4 Å². The molecule has 1 rings (SSSR count). The van der Waals surface area contributed by atoms with Crippen LogP contribution in [0.25, 0.3) is 0 Å². The quantitative estimate of drug-likeness (QED) is 0.601. The van der Waals surface area contributed by atoms with E-state index in [0.29, 0.717) is 0 Å². The van der Waals surface area contributed by atoms with Crippen LogP contribution in [0.5, 0.6) is 0 Å². The van der Waals surface area contributed by atoms with Crippen LogP contribution in [0.15, 0.2) is 41.7 Å². The summed E-state index contributed by atoms with van der Waals surface area (Å²) in [5.74, 6) is 0.111. The first-order chi connectivity index (χ1) is 8.59. The highest BCUT2D eigenvalue weighted by Gasteiger charge is 2.32. The van der Waals surface area contributed by atoms with Crippen molar-refractivity contribution in [2.24, 2.45) is 4.99 Å². The lowest BCUT2D eigenvalue weighted by molar-refractivity contribution is -0.137. The number of nitrogens with zero attached hydrogens (tertiary/aromatic N) is 1. The Labute approximate surface area is 112 Å². The normalized spacial score (nSPS) is 13.6. The zero-order valence-electron chi connectivity index (χ0n) is 11.0. The molecular weight excluding hydrogens is 275 g/mol. The second-order valence-electron chi connectivity index (χ2n) is 4.55. The van der Waals surface area contributed by atoms with Crippen molar-refractivity contribution in [1.82, 2.24) is 0 Å². The summed E-state index contributed by atoms with van der Waals surface area (Å²) in [6.45, 7) is 3.57. The molecule has 0 radical (unpaired) electrons. The fourth-order valence-corrected chi connectivity index (χ4v) is 1.94. The maximum atomic E-state index is 12.7. The number of hydrogen-bond donors (Lipinski definition) is 0. The van der Waals surface area contributed by atoms with E-state index in [1.165, 1.54) is 18.2 Å². The van der Waals surface area contributed by atoms with Gasteiger partial charge in [0.1, 0.15) is 0 Å². The Morgan fingerprint density at radius 1 is 1.26 bits per heavy atom. The first-order valence-electron chi connectivity index (χ1n) is 5.36. The second kappa shape index (κ2) is 5.69. The predicted molar refractivity (Wildman–Crippen MR) is 74.6 cm³/mol. The Hall–Kier alpha value is -1.43. The molecule has 0 saturated carbocycles. The lowest BCUT2D eigenvalue weighted by Crippen LogP contribution is -2.08. The molecule has 0 aliphatic rings. The Kier molecular flexibility index (Phi) is 4.68. The highest BCUT2D eigenvalue weighted by atomic mass is 32.3. The molecule has 106 valence electrons. The first kappa shape index (κ1) is 15.6. The Morgan fingerprint density at radius 2 is 1.84 bits per heavy atom. The Bertz CT molecular complexity index is 489. The van der Waals surface area contributed by atoms with Gasteiger partial charge in [-0.3, -0.25) is 0 Å². The fourth-order valence-electron chi connectivity index (χ4n) is 1.32. The highest BCUT2D eigenvalue weighted by molar-refractivity contribution is 8.28. The lowest BCUT2D eigenvalue weighted by Gasteiger charge is -2.25. The number of aliphatic imine (C=N–C) groups is 1. The van der Waals surface area contributed by atoms with Gasteiger partial charge in [0.2, 0.25) is 5.88 Å². The minimum Gasteiger partial charge on any atom is -0.430 e. The molecule has 0 aromatic heterocycles. The van der Waals surface area contributed by atoms with Crippen LogP contribution in [0.3, 0.4) is 0 Å². The molecule has 0 bridgehead atoms. The standard InChI is InChI=1S/C13H16F3NOS/c1-10(18-19(2,3)4)17-9-11-7-5-6-8-12(11)13(14,15)16/h5-9H,1H2,2-4H3/b17-9+. The van der Waals surface area contributed by atoms with Crippen LogP contribution >= 0.6 is 10.3 Å². The molecule has 0 heterocycles. The third-order valence-corrected chi connectivity index (χ3v) is 2.65. The molecule has 0 N–H and O–H groups in total. The van der Waals surface area contributed by atoms with Gasteiger partial charge in [-0.15, -0.1) is 0 Å². The summed E-state index contributed by atoms with van der Waals surface area (Å²) in [4.78, 5) is 3.83. The van der Waals surface area contributed by atoms with Gasteiger partial charge in [-0.2, -0.15) is 13.2 Å². The third-order valence-electron chi connectivity index (χ3n) is 1.96. The van der Waals surface area contributed by atoms with E-state index in [4.69, 9.17) is 4.18 Å². The largest absolute Gasteiger partial charge is 0.430 e. The predicted octanol–water partition coefficient (Wildman–Crippen LogP) is 4.22. The van der Waals surface area contributed by atoms with Gasteiger partial charge < -0.3 is 4.18 Å². The molecule has 0 saturated heterocycles. The fraction of sp³-hybridized carbons (Fsp3) is 0.308. The van der Waals surface area contributed by atoms with E-state index in [2.05, 4.69) is 11.6 Å². The van der Waals surface area contributed by atoms with Gasteiger partial charge in [0.25, 0.3) is 0 Å². The summed E-state index contributed by atoms with van der Waals surface area (Å²) in [6, 6.07) is 5.23. The van der Waals surface area contributed by atoms with Crippen molar-refractivity contribution in [3.8, 4) is 0 Å². The minimum atomic E-state index is -4.40. The number of alkyl halides is 3. The zero-order valence-corrected chi connectivity index (χ0v) is 11.8. The summed E-state index contributed by atoms with van der Waals surface area (Å²) >= 11 is 0. The van der Waals surface area contributed by atoms with E-state index in [9.17, 15) is 13.2 Å². The smallest absolute Gasteiger partial charge is 0.417 e. The van der Waals surface area contributed by atoms with Crippen LogP contribution in [0.1, 0.15) is 11.1 Å². The summed E-state index contributed by atoms with van der Waals surface area (Å²) in [7, 11) is -1.30. The molecular formula is C13H16F3NOS. The van der Waals surface area contributed by atoms with E-state index in [1.807, 2.05) is 18.8 Å². The highest BCUT2D eigenvalue weighted by Crippen LogP contribution is 2.38. The van der Waals surface area contributed by atoms with Crippen LogP contribution in [0.4, 0.5) is 13.2 Å². The number of hydrogen-bond acceptors (Lipinski definition) is 2. The van der Waals surface area contributed by atoms with Crippen molar-refractivity contribution in [3.63, 3.8) is 0 Å². The van der Waals surface area contributed by atoms with Crippen LogP contribution in [0.2, 0.25) is 0 Å². The van der Waals surface area contributed by atoms with E-state index < -0.39 is 22.0 Å². The summed E-state index contributed by atoms with van der Waals surface area (Å²) in [5.41, 5.74) is -0.738. The van der Waals surface area contributed by atoms with E-state index >= 15 is 0 Å². The molecule has 19 heavy (non-hydrogen) atoms. The average Bonchev–Trinajstić information content (AvgIpc) is 2.23. The molecule has 1 aromatic carbocycles. The summed E-state index contributed by atoms with van der Waals surface area (Å²) in [6.07, 6.45) is 2.38. The minimum absolute atomic E-state index is 0.0105. The molecule has 0 unspecified atom stereocenters. The molecule has 2 nitrogen and oxygen atoms in total. The van der Waals surface area contributed by atoms with Crippen LogP contribution < -0.4 is 0 Å². The Morgan fingerprint density at radius 3 is 2.37 bits per heavy atom. The van der Waals surface area contributed by atoms with Crippen molar-refractivity contribution in [3.05, 3.63) is 47.9 Å². The van der Waals surface area contributed by atoms with Gasteiger partial charge in [0.15, 0.2) is 0 Å². The molecule has 0 atom stereocenters. The van der Waals surface area contributed by atoms with Gasteiger partial charge >= 0.3 is 6.18 Å². The maximum absolute atomic E-state index is 12.7. The monoisotopic (exact) mass is 291 g/mol. The van der Waals surface area contributed by atoms with E-state index in [0.717, 1.165) is 12.3 Å². The van der Waals surface area contributed by atoms with Gasteiger partial charge in [0.05, 0.1) is 5.56 Å². The Balaban J connectivity index is 2.92. The second-order valence-corrected chi connectivity index (χ2v) is 8.16. The molecule has 0 spiro atoms. The topological polar surface area (TPSA) is 21.6 Å². The first-order valence-corrected chi connectivity index (χ1v) is 8.15. The molecule has 6 heteroatoms. The number of benzene rings is 1. The zero-order chi connectivity index (χ0) is 14.7. The van der Waals surface area contributed by atoms with Gasteiger partial charge in [-0.1, -0.05) is 28.5 Å². The maximum Gasteiger partial charge on any atom is 0.417 e. The van der Waals surface area contributed by atoms with Crippen molar-refractivity contribution >= 4 is 16.5 Å². The average molecular weight is 291 g/mol. The van der Waals surface area contributed by atoms with Crippen LogP contribution in [-0.4, -0.2) is 25.0 Å². The molecule has 0 fully saturated rings. The molecule has 0 aliphatic carbocycles.